The maximum absolute atomic E-state index is 12.8. The Morgan fingerprint density at radius 1 is 1.29 bits per heavy atom. The lowest BCUT2D eigenvalue weighted by Gasteiger charge is -2.27. The van der Waals surface area contributed by atoms with Gasteiger partial charge in [-0.1, -0.05) is 0 Å². The van der Waals surface area contributed by atoms with Gasteiger partial charge in [-0.05, 0) is 43.0 Å². The topological polar surface area (TPSA) is 83.5 Å². The van der Waals surface area contributed by atoms with E-state index in [2.05, 4.69) is 5.32 Å². The van der Waals surface area contributed by atoms with Crippen molar-refractivity contribution in [1.29, 1.82) is 0 Å². The van der Waals surface area contributed by atoms with Crippen LogP contribution >= 0.6 is 0 Å². The number of halogens is 1. The second-order valence-electron chi connectivity index (χ2n) is 5.19. The average molecular weight is 293 g/mol. The van der Waals surface area contributed by atoms with Gasteiger partial charge in [0.15, 0.2) is 0 Å². The molecule has 112 valence electrons. The van der Waals surface area contributed by atoms with Crippen LogP contribution in [0.15, 0.2) is 24.3 Å². The van der Waals surface area contributed by atoms with E-state index in [9.17, 15) is 23.9 Å². The Kier molecular flexibility index (Phi) is 4.67. The molecule has 0 bridgehead atoms. The number of carbonyl (C=O) groups excluding carboxylic acids is 2. The number of carboxylic acids is 1. The van der Waals surface area contributed by atoms with Crippen molar-refractivity contribution in [2.24, 2.45) is 5.92 Å². The number of rotatable bonds is 4. The first-order valence-corrected chi connectivity index (χ1v) is 6.78. The number of ketones is 1. The summed E-state index contributed by atoms with van der Waals surface area (Å²) in [7, 11) is 0. The summed E-state index contributed by atoms with van der Waals surface area (Å²) >= 11 is 0. The van der Waals surface area contributed by atoms with Crippen LogP contribution in [0.1, 0.15) is 36.0 Å². The van der Waals surface area contributed by atoms with Crippen LogP contribution in [-0.4, -0.2) is 28.8 Å². The van der Waals surface area contributed by atoms with E-state index in [1.807, 2.05) is 0 Å². The molecule has 6 heteroatoms. The molecule has 0 spiro atoms. The van der Waals surface area contributed by atoms with Crippen molar-refractivity contribution in [2.75, 3.05) is 0 Å². The highest BCUT2D eigenvalue weighted by molar-refractivity contribution is 5.96. The van der Waals surface area contributed by atoms with Crippen molar-refractivity contribution >= 4 is 17.7 Å². The zero-order chi connectivity index (χ0) is 15.4. The summed E-state index contributed by atoms with van der Waals surface area (Å²) in [6.07, 6.45) is 1.86. The lowest BCUT2D eigenvalue weighted by Crippen LogP contribution is -2.47. The van der Waals surface area contributed by atoms with Gasteiger partial charge in [0, 0.05) is 18.4 Å². The number of Topliss-reactive ketones (excluding diaryl/α,β-unsaturated/α-hetero) is 1. The Bertz CT molecular complexity index is 555. The predicted molar refractivity (Wildman–Crippen MR) is 72.3 cm³/mol. The van der Waals surface area contributed by atoms with Crippen LogP contribution in [-0.2, 0) is 9.59 Å². The minimum atomic E-state index is -1.16. The highest BCUT2D eigenvalue weighted by Crippen LogP contribution is 2.24. The number of hydrogen-bond donors (Lipinski definition) is 2. The van der Waals surface area contributed by atoms with Gasteiger partial charge >= 0.3 is 5.97 Å². The first kappa shape index (κ1) is 15.2. The van der Waals surface area contributed by atoms with Gasteiger partial charge in [0.05, 0.1) is 0 Å². The minimum absolute atomic E-state index is 0.0218. The highest BCUT2D eigenvalue weighted by atomic mass is 19.1. The zero-order valence-electron chi connectivity index (χ0n) is 11.3. The van der Waals surface area contributed by atoms with Gasteiger partial charge in [0.1, 0.15) is 17.6 Å². The van der Waals surface area contributed by atoms with E-state index in [1.165, 1.54) is 12.1 Å². The van der Waals surface area contributed by atoms with Crippen LogP contribution < -0.4 is 5.32 Å². The average Bonchev–Trinajstić information content (AvgIpc) is 2.45. The lowest BCUT2D eigenvalue weighted by molar-refractivity contribution is -0.141. The second kappa shape index (κ2) is 6.47. The summed E-state index contributed by atoms with van der Waals surface area (Å²) in [5.74, 6) is -2.59. The largest absolute Gasteiger partial charge is 0.480 e. The van der Waals surface area contributed by atoms with Gasteiger partial charge in [0.25, 0.3) is 5.91 Å². The van der Waals surface area contributed by atoms with E-state index in [-0.39, 0.29) is 17.8 Å². The standard InChI is InChI=1S/C15H16FNO4/c16-11-6-4-9(5-7-11)14(19)17-13(15(20)21)10-2-1-3-12(18)8-10/h4-7,10,13H,1-3,8H2,(H,17,19)(H,20,21)/t10-,13-/m0/s1. The smallest absolute Gasteiger partial charge is 0.326 e. The minimum Gasteiger partial charge on any atom is -0.480 e. The fraction of sp³-hybridized carbons (Fsp3) is 0.400. The number of amides is 1. The van der Waals surface area contributed by atoms with Gasteiger partial charge in [-0.15, -0.1) is 0 Å². The molecule has 0 aliphatic heterocycles. The normalized spacial score (nSPS) is 19.9. The molecule has 1 fully saturated rings. The molecule has 2 atom stereocenters. The monoisotopic (exact) mass is 293 g/mol. The summed E-state index contributed by atoms with van der Waals surface area (Å²) in [6.45, 7) is 0. The fourth-order valence-electron chi connectivity index (χ4n) is 2.55. The van der Waals surface area contributed by atoms with E-state index in [1.54, 1.807) is 0 Å². The second-order valence-corrected chi connectivity index (χ2v) is 5.19. The molecule has 0 radical (unpaired) electrons. The van der Waals surface area contributed by atoms with Gasteiger partial charge < -0.3 is 10.4 Å². The Hall–Kier alpha value is -2.24. The van der Waals surface area contributed by atoms with Crippen molar-refractivity contribution in [3.05, 3.63) is 35.6 Å². The molecular formula is C15H16FNO4. The molecule has 0 aromatic heterocycles. The molecule has 0 heterocycles. The van der Waals surface area contributed by atoms with Crippen LogP contribution in [0, 0.1) is 11.7 Å². The summed E-state index contributed by atoms with van der Waals surface area (Å²) < 4.78 is 12.8. The van der Waals surface area contributed by atoms with Crippen molar-refractivity contribution in [1.82, 2.24) is 5.32 Å². The predicted octanol–water partition coefficient (Wildman–Crippen LogP) is 1.77. The Labute approximate surface area is 121 Å². The van der Waals surface area contributed by atoms with E-state index >= 15 is 0 Å². The molecule has 2 rings (SSSR count). The molecular weight excluding hydrogens is 277 g/mol. The number of benzene rings is 1. The van der Waals surface area contributed by atoms with Crippen molar-refractivity contribution in [3.8, 4) is 0 Å². The quantitative estimate of drug-likeness (QED) is 0.886. The maximum atomic E-state index is 12.8. The molecule has 1 amide bonds. The summed E-state index contributed by atoms with van der Waals surface area (Å²) in [5.41, 5.74) is 0.185. The van der Waals surface area contributed by atoms with Crippen molar-refractivity contribution < 1.29 is 23.9 Å². The third-order valence-electron chi connectivity index (χ3n) is 3.65. The summed E-state index contributed by atoms with van der Waals surface area (Å²) in [4.78, 5) is 34.8. The highest BCUT2D eigenvalue weighted by Gasteiger charge is 2.33. The molecule has 1 aliphatic carbocycles. The molecule has 21 heavy (non-hydrogen) atoms. The number of carboxylic acid groups (broad SMARTS) is 1. The number of carbonyl (C=O) groups is 3. The van der Waals surface area contributed by atoms with Gasteiger partial charge in [-0.25, -0.2) is 9.18 Å². The molecule has 0 saturated heterocycles. The molecule has 5 nitrogen and oxygen atoms in total. The van der Waals surface area contributed by atoms with Crippen LogP contribution in [0.5, 0.6) is 0 Å². The molecule has 1 aromatic rings. The maximum Gasteiger partial charge on any atom is 0.326 e. The number of aliphatic carboxylic acids is 1. The third kappa shape index (κ3) is 3.87. The molecule has 0 unspecified atom stereocenters. The molecule has 1 aliphatic rings. The first-order chi connectivity index (χ1) is 9.97. The molecule has 1 aromatic carbocycles. The number of nitrogens with one attached hydrogen (secondary N) is 1. The van der Waals surface area contributed by atoms with Crippen LogP contribution in [0.25, 0.3) is 0 Å². The fourth-order valence-corrected chi connectivity index (χ4v) is 2.55. The van der Waals surface area contributed by atoms with Crippen LogP contribution in [0.3, 0.4) is 0 Å². The van der Waals surface area contributed by atoms with Gasteiger partial charge in [0.2, 0.25) is 0 Å². The Morgan fingerprint density at radius 2 is 1.95 bits per heavy atom. The van der Waals surface area contributed by atoms with Crippen molar-refractivity contribution in [2.45, 2.75) is 31.7 Å². The molecule has 1 saturated carbocycles. The van der Waals surface area contributed by atoms with E-state index in [0.717, 1.165) is 12.1 Å². The lowest BCUT2D eigenvalue weighted by atomic mass is 9.83. The Morgan fingerprint density at radius 3 is 2.52 bits per heavy atom. The number of hydrogen-bond acceptors (Lipinski definition) is 3. The Balaban J connectivity index is 2.08. The van der Waals surface area contributed by atoms with E-state index in [0.29, 0.717) is 19.3 Å². The zero-order valence-corrected chi connectivity index (χ0v) is 11.3. The van der Waals surface area contributed by atoms with E-state index < -0.39 is 29.7 Å². The first-order valence-electron chi connectivity index (χ1n) is 6.78. The van der Waals surface area contributed by atoms with Crippen LogP contribution in [0.4, 0.5) is 4.39 Å². The van der Waals surface area contributed by atoms with Crippen LogP contribution in [0.2, 0.25) is 0 Å². The van der Waals surface area contributed by atoms with E-state index in [4.69, 9.17) is 0 Å². The summed E-state index contributed by atoms with van der Waals surface area (Å²) in [6, 6.07) is 3.74. The summed E-state index contributed by atoms with van der Waals surface area (Å²) in [5, 5.41) is 11.7. The SMILES string of the molecule is O=C1CCC[C@H]([C@H](NC(=O)c2ccc(F)cc2)C(=O)O)C1. The molecule has 2 N–H and O–H groups in total. The van der Waals surface area contributed by atoms with Crippen molar-refractivity contribution in [3.63, 3.8) is 0 Å². The van der Waals surface area contributed by atoms with Gasteiger partial charge in [-0.3, -0.25) is 9.59 Å². The third-order valence-corrected chi connectivity index (χ3v) is 3.65. The van der Waals surface area contributed by atoms with Gasteiger partial charge in [-0.2, -0.15) is 0 Å².